The van der Waals surface area contributed by atoms with E-state index < -0.39 is 6.04 Å². The molecule has 4 nitrogen and oxygen atoms in total. The molecule has 4 aromatic rings. The molecule has 0 aliphatic rings. The predicted octanol–water partition coefficient (Wildman–Crippen LogP) is 4.85. The van der Waals surface area contributed by atoms with Crippen LogP contribution < -0.4 is 5.32 Å². The number of rotatable bonds is 4. The summed E-state index contributed by atoms with van der Waals surface area (Å²) in [5, 5.41) is 4.02. The smallest absolute Gasteiger partial charge is 0.287 e. The third-order valence-corrected chi connectivity index (χ3v) is 4.10. The van der Waals surface area contributed by atoms with Gasteiger partial charge in [0.1, 0.15) is 23.1 Å². The molecular formula is C21H17NO3. The minimum absolute atomic E-state index is 0.276. The summed E-state index contributed by atoms with van der Waals surface area (Å²) in [5.74, 6) is 1.39. The van der Waals surface area contributed by atoms with E-state index in [9.17, 15) is 4.79 Å². The molecule has 25 heavy (non-hydrogen) atoms. The monoisotopic (exact) mass is 331 g/mol. The highest BCUT2D eigenvalue weighted by Gasteiger charge is 2.22. The Labute approximate surface area is 145 Å². The van der Waals surface area contributed by atoms with Crippen molar-refractivity contribution >= 4 is 16.9 Å². The Kier molecular flexibility index (Phi) is 3.86. The number of benzene rings is 2. The molecule has 4 rings (SSSR count). The van der Waals surface area contributed by atoms with Crippen LogP contribution in [0.15, 0.2) is 81.6 Å². The lowest BCUT2D eigenvalue weighted by molar-refractivity contribution is 0.0910. The molecule has 0 saturated carbocycles. The summed E-state index contributed by atoms with van der Waals surface area (Å²) < 4.78 is 11.4. The minimum atomic E-state index is -0.397. The summed E-state index contributed by atoms with van der Waals surface area (Å²) in [7, 11) is 0. The molecule has 0 bridgehead atoms. The molecule has 4 heteroatoms. The van der Waals surface area contributed by atoms with Gasteiger partial charge in [0.05, 0.1) is 0 Å². The van der Waals surface area contributed by atoms with Crippen LogP contribution in [-0.2, 0) is 0 Å². The summed E-state index contributed by atoms with van der Waals surface area (Å²) in [6, 6.07) is 22.5. The van der Waals surface area contributed by atoms with Gasteiger partial charge in [-0.1, -0.05) is 48.5 Å². The molecule has 0 spiro atoms. The van der Waals surface area contributed by atoms with Crippen LogP contribution in [0.2, 0.25) is 0 Å². The lowest BCUT2D eigenvalue weighted by Gasteiger charge is -2.16. The van der Waals surface area contributed by atoms with Crippen molar-refractivity contribution in [2.45, 2.75) is 13.0 Å². The zero-order valence-electron chi connectivity index (χ0n) is 13.7. The van der Waals surface area contributed by atoms with Gasteiger partial charge in [0, 0.05) is 5.39 Å². The summed E-state index contributed by atoms with van der Waals surface area (Å²) in [5.41, 5.74) is 1.74. The maximum absolute atomic E-state index is 12.6. The Bertz CT molecular complexity index is 981. The second kappa shape index (κ2) is 6.32. The van der Waals surface area contributed by atoms with Crippen molar-refractivity contribution in [1.29, 1.82) is 0 Å². The Morgan fingerprint density at radius 3 is 2.40 bits per heavy atom. The molecule has 1 amide bonds. The molecule has 2 aromatic carbocycles. The predicted molar refractivity (Wildman–Crippen MR) is 95.4 cm³/mol. The molecular weight excluding hydrogens is 314 g/mol. The van der Waals surface area contributed by atoms with E-state index in [4.69, 9.17) is 8.83 Å². The van der Waals surface area contributed by atoms with Crippen molar-refractivity contribution < 1.29 is 13.6 Å². The van der Waals surface area contributed by atoms with Gasteiger partial charge in [-0.25, -0.2) is 0 Å². The summed E-state index contributed by atoms with van der Waals surface area (Å²) in [4.78, 5) is 12.6. The molecule has 0 aliphatic heterocycles. The van der Waals surface area contributed by atoms with Gasteiger partial charge in [-0.2, -0.15) is 0 Å². The van der Waals surface area contributed by atoms with E-state index >= 15 is 0 Å². The molecule has 0 saturated heterocycles. The first kappa shape index (κ1) is 15.3. The Hall–Kier alpha value is -3.27. The fraction of sp³-hybridized carbons (Fsp3) is 0.0952. The van der Waals surface area contributed by atoms with Crippen molar-refractivity contribution in [1.82, 2.24) is 5.32 Å². The number of furan rings is 2. The van der Waals surface area contributed by atoms with Gasteiger partial charge in [0.25, 0.3) is 5.91 Å². The number of para-hydroxylation sites is 1. The van der Waals surface area contributed by atoms with Crippen LogP contribution in [0.5, 0.6) is 0 Å². The van der Waals surface area contributed by atoms with Gasteiger partial charge in [0.2, 0.25) is 0 Å². The number of nitrogens with one attached hydrogen (secondary N) is 1. The summed E-state index contributed by atoms with van der Waals surface area (Å²) >= 11 is 0. The van der Waals surface area contributed by atoms with E-state index in [-0.39, 0.29) is 11.7 Å². The zero-order chi connectivity index (χ0) is 17.2. The first-order chi connectivity index (χ1) is 12.2. The number of hydrogen-bond donors (Lipinski definition) is 1. The van der Waals surface area contributed by atoms with Crippen LogP contribution in [-0.4, -0.2) is 5.91 Å². The highest BCUT2D eigenvalue weighted by atomic mass is 16.4. The van der Waals surface area contributed by atoms with Crippen molar-refractivity contribution in [3.05, 3.63) is 95.6 Å². The topological polar surface area (TPSA) is 55.4 Å². The molecule has 0 unspecified atom stereocenters. The third kappa shape index (κ3) is 3.06. The van der Waals surface area contributed by atoms with E-state index in [1.807, 2.05) is 67.6 Å². The molecule has 1 atom stereocenters. The Morgan fingerprint density at radius 1 is 0.920 bits per heavy atom. The average molecular weight is 331 g/mol. The third-order valence-electron chi connectivity index (χ3n) is 4.10. The molecule has 2 aromatic heterocycles. The fourth-order valence-electron chi connectivity index (χ4n) is 2.87. The van der Waals surface area contributed by atoms with Crippen LogP contribution >= 0.6 is 0 Å². The molecule has 0 fully saturated rings. The number of carbonyl (C=O) groups excluding carboxylic acids is 1. The Balaban J connectivity index is 1.72. The SMILES string of the molecule is Cc1ccc(C(=O)N[C@H](c2ccccc2)c2cc3ccccc3o2)o1. The average Bonchev–Trinajstić information content (AvgIpc) is 3.26. The maximum atomic E-state index is 12.6. The van der Waals surface area contributed by atoms with Crippen molar-refractivity contribution in [3.8, 4) is 0 Å². The molecule has 124 valence electrons. The second-order valence-electron chi connectivity index (χ2n) is 5.91. The van der Waals surface area contributed by atoms with Crippen molar-refractivity contribution in [3.63, 3.8) is 0 Å². The van der Waals surface area contributed by atoms with Crippen LogP contribution in [0.25, 0.3) is 11.0 Å². The summed E-state index contributed by atoms with van der Waals surface area (Å²) in [6.07, 6.45) is 0. The largest absolute Gasteiger partial charge is 0.459 e. The number of amides is 1. The van der Waals surface area contributed by atoms with Gasteiger partial charge in [-0.15, -0.1) is 0 Å². The fourth-order valence-corrected chi connectivity index (χ4v) is 2.87. The quantitative estimate of drug-likeness (QED) is 0.581. The standard InChI is InChI=1S/C21H17NO3/c1-14-11-12-18(24-14)21(23)22-20(15-7-3-2-4-8-15)19-13-16-9-5-6-10-17(16)25-19/h2-13,20H,1H3,(H,22,23)/t20-/m1/s1. The van der Waals surface area contributed by atoms with E-state index in [1.54, 1.807) is 12.1 Å². The van der Waals surface area contributed by atoms with Gasteiger partial charge >= 0.3 is 0 Å². The number of fused-ring (bicyclic) bond motifs is 1. The van der Waals surface area contributed by atoms with Crippen molar-refractivity contribution in [2.24, 2.45) is 0 Å². The van der Waals surface area contributed by atoms with E-state index in [1.165, 1.54) is 0 Å². The van der Waals surface area contributed by atoms with Crippen LogP contribution in [0, 0.1) is 6.92 Å². The van der Waals surface area contributed by atoms with Crippen LogP contribution in [0.3, 0.4) is 0 Å². The first-order valence-corrected chi connectivity index (χ1v) is 8.11. The highest BCUT2D eigenvalue weighted by Crippen LogP contribution is 2.28. The lowest BCUT2D eigenvalue weighted by Crippen LogP contribution is -2.28. The van der Waals surface area contributed by atoms with Gasteiger partial charge < -0.3 is 14.2 Å². The van der Waals surface area contributed by atoms with Crippen LogP contribution in [0.1, 0.15) is 33.7 Å². The van der Waals surface area contributed by atoms with Gasteiger partial charge in [-0.05, 0) is 36.8 Å². The highest BCUT2D eigenvalue weighted by molar-refractivity contribution is 5.92. The minimum Gasteiger partial charge on any atom is -0.459 e. The molecule has 0 radical (unpaired) electrons. The molecule has 2 heterocycles. The second-order valence-corrected chi connectivity index (χ2v) is 5.91. The molecule has 1 N–H and O–H groups in total. The van der Waals surface area contributed by atoms with E-state index in [0.717, 1.165) is 16.5 Å². The van der Waals surface area contributed by atoms with Gasteiger partial charge in [-0.3, -0.25) is 4.79 Å². The van der Waals surface area contributed by atoms with Crippen LogP contribution in [0.4, 0.5) is 0 Å². The number of hydrogen-bond acceptors (Lipinski definition) is 3. The van der Waals surface area contributed by atoms with E-state index in [0.29, 0.717) is 11.5 Å². The maximum Gasteiger partial charge on any atom is 0.287 e. The van der Waals surface area contributed by atoms with Crippen molar-refractivity contribution in [2.75, 3.05) is 0 Å². The zero-order valence-corrected chi connectivity index (χ0v) is 13.7. The number of aryl methyl sites for hydroxylation is 1. The first-order valence-electron chi connectivity index (χ1n) is 8.11. The van der Waals surface area contributed by atoms with E-state index in [2.05, 4.69) is 5.32 Å². The Morgan fingerprint density at radius 2 is 1.68 bits per heavy atom. The molecule has 0 aliphatic carbocycles. The lowest BCUT2D eigenvalue weighted by atomic mass is 10.0. The van der Waals surface area contributed by atoms with Gasteiger partial charge in [0.15, 0.2) is 5.76 Å². The normalized spacial score (nSPS) is 12.2. The summed E-state index contributed by atoms with van der Waals surface area (Å²) in [6.45, 7) is 1.81. The number of carbonyl (C=O) groups is 1.